The van der Waals surface area contributed by atoms with Crippen LogP contribution in [0.25, 0.3) is 0 Å². The third-order valence-electron chi connectivity index (χ3n) is 2.71. The summed E-state index contributed by atoms with van der Waals surface area (Å²) in [6.45, 7) is -0.131. The van der Waals surface area contributed by atoms with Crippen molar-refractivity contribution in [3.8, 4) is 5.75 Å². The Morgan fingerprint density at radius 3 is 2.75 bits per heavy atom. The molecule has 2 rings (SSSR count). The Morgan fingerprint density at radius 1 is 1.35 bits per heavy atom. The number of sulfonamides is 1. The standard InChI is InChI=1S/C13H15NO4S2/c1-18-12-2-3-13(10(8-12)4-6-15)20(16,17)14-11-5-7-19-9-11/h2-3,5,7-9,14-15H,4,6H2,1H3. The highest BCUT2D eigenvalue weighted by Gasteiger charge is 2.19. The van der Waals surface area contributed by atoms with Crippen LogP contribution in [-0.2, 0) is 16.4 Å². The van der Waals surface area contributed by atoms with Gasteiger partial charge in [0.05, 0.1) is 17.7 Å². The van der Waals surface area contributed by atoms with Crippen molar-refractivity contribution in [1.29, 1.82) is 0 Å². The van der Waals surface area contributed by atoms with Crippen molar-refractivity contribution in [2.45, 2.75) is 11.3 Å². The van der Waals surface area contributed by atoms with Gasteiger partial charge in [0.1, 0.15) is 5.75 Å². The fraction of sp³-hybridized carbons (Fsp3) is 0.231. The summed E-state index contributed by atoms with van der Waals surface area (Å²) in [5.74, 6) is 0.558. The molecular weight excluding hydrogens is 298 g/mol. The van der Waals surface area contributed by atoms with Crippen molar-refractivity contribution in [3.63, 3.8) is 0 Å². The molecule has 1 heterocycles. The van der Waals surface area contributed by atoms with Crippen molar-refractivity contribution < 1.29 is 18.3 Å². The van der Waals surface area contributed by atoms with Crippen molar-refractivity contribution in [2.24, 2.45) is 0 Å². The van der Waals surface area contributed by atoms with Crippen molar-refractivity contribution >= 4 is 27.0 Å². The molecule has 0 unspecified atom stereocenters. The van der Waals surface area contributed by atoms with E-state index in [0.717, 1.165) is 0 Å². The molecule has 1 aromatic heterocycles. The maximum atomic E-state index is 12.4. The molecule has 2 aromatic rings. The van der Waals surface area contributed by atoms with Crippen molar-refractivity contribution in [3.05, 3.63) is 40.6 Å². The minimum Gasteiger partial charge on any atom is -0.497 e. The van der Waals surface area contributed by atoms with E-state index in [9.17, 15) is 8.42 Å². The molecule has 0 fully saturated rings. The van der Waals surface area contributed by atoms with Crippen LogP contribution in [0, 0.1) is 0 Å². The molecule has 1 aromatic carbocycles. The minimum atomic E-state index is -3.67. The number of anilines is 1. The summed E-state index contributed by atoms with van der Waals surface area (Å²) in [7, 11) is -2.16. The van der Waals surface area contributed by atoms with E-state index in [1.807, 2.05) is 0 Å². The maximum absolute atomic E-state index is 12.4. The van der Waals surface area contributed by atoms with Gasteiger partial charge in [-0.1, -0.05) is 0 Å². The van der Waals surface area contributed by atoms with Gasteiger partial charge in [-0.2, -0.15) is 11.3 Å². The summed E-state index contributed by atoms with van der Waals surface area (Å²) in [5, 5.41) is 12.6. The van der Waals surface area contributed by atoms with Gasteiger partial charge in [0.2, 0.25) is 0 Å². The Labute approximate surface area is 121 Å². The van der Waals surface area contributed by atoms with Crippen LogP contribution in [0.4, 0.5) is 5.69 Å². The van der Waals surface area contributed by atoms with Gasteiger partial charge < -0.3 is 9.84 Å². The van der Waals surface area contributed by atoms with Gasteiger partial charge in [-0.15, -0.1) is 0 Å². The fourth-order valence-electron chi connectivity index (χ4n) is 1.79. The summed E-state index contributed by atoms with van der Waals surface area (Å²) < 4.78 is 32.3. The first-order valence-corrected chi connectivity index (χ1v) is 8.32. The maximum Gasteiger partial charge on any atom is 0.262 e. The van der Waals surface area contributed by atoms with E-state index in [-0.39, 0.29) is 17.9 Å². The molecule has 0 aliphatic heterocycles. The normalized spacial score (nSPS) is 11.3. The van der Waals surface area contributed by atoms with Crippen LogP contribution >= 0.6 is 11.3 Å². The Kier molecular flexibility index (Phi) is 4.64. The molecule has 0 aliphatic carbocycles. The first-order valence-electron chi connectivity index (χ1n) is 5.89. The van der Waals surface area contributed by atoms with Gasteiger partial charge in [-0.25, -0.2) is 8.42 Å². The molecule has 0 radical (unpaired) electrons. The number of aliphatic hydroxyl groups is 1. The third kappa shape index (κ3) is 3.30. The van der Waals surface area contributed by atoms with E-state index < -0.39 is 10.0 Å². The Morgan fingerprint density at radius 2 is 2.15 bits per heavy atom. The largest absolute Gasteiger partial charge is 0.497 e. The zero-order valence-corrected chi connectivity index (χ0v) is 12.5. The van der Waals surface area contributed by atoms with E-state index in [2.05, 4.69) is 4.72 Å². The zero-order chi connectivity index (χ0) is 14.6. The number of hydrogen-bond donors (Lipinski definition) is 2. The van der Waals surface area contributed by atoms with E-state index in [1.165, 1.54) is 24.5 Å². The van der Waals surface area contributed by atoms with Crippen LogP contribution < -0.4 is 9.46 Å². The Bertz CT molecular complexity index is 666. The summed E-state index contributed by atoms with van der Waals surface area (Å²) in [4.78, 5) is 0.151. The first-order chi connectivity index (χ1) is 9.56. The van der Waals surface area contributed by atoms with Gasteiger partial charge >= 0.3 is 0 Å². The van der Waals surface area contributed by atoms with Crippen LogP contribution in [0.15, 0.2) is 39.9 Å². The molecule has 5 nitrogen and oxygen atoms in total. The van der Waals surface area contributed by atoms with Gasteiger partial charge in [0.15, 0.2) is 0 Å². The Balaban J connectivity index is 2.39. The van der Waals surface area contributed by atoms with Gasteiger partial charge in [-0.05, 0) is 41.6 Å². The molecule has 0 atom stereocenters. The molecule has 108 valence electrons. The van der Waals surface area contributed by atoms with Crippen molar-refractivity contribution in [1.82, 2.24) is 0 Å². The van der Waals surface area contributed by atoms with Crippen molar-refractivity contribution in [2.75, 3.05) is 18.4 Å². The fourth-order valence-corrected chi connectivity index (χ4v) is 3.76. The number of methoxy groups -OCH3 is 1. The molecule has 0 saturated heterocycles. The minimum absolute atomic E-state index is 0.131. The van der Waals surface area contributed by atoms with E-state index in [0.29, 0.717) is 17.0 Å². The molecule has 7 heteroatoms. The van der Waals surface area contributed by atoms with E-state index in [4.69, 9.17) is 9.84 Å². The number of hydrogen-bond acceptors (Lipinski definition) is 5. The predicted octanol–water partition coefficient (Wildman–Crippen LogP) is 2.09. The molecule has 20 heavy (non-hydrogen) atoms. The number of rotatable bonds is 6. The van der Waals surface area contributed by atoms with Gasteiger partial charge in [0.25, 0.3) is 10.0 Å². The molecule has 2 N–H and O–H groups in total. The lowest BCUT2D eigenvalue weighted by Crippen LogP contribution is -2.15. The van der Waals surface area contributed by atoms with Crippen LogP contribution in [0.1, 0.15) is 5.56 Å². The van der Waals surface area contributed by atoms with Crippen LogP contribution in [0.3, 0.4) is 0 Å². The summed E-state index contributed by atoms with van der Waals surface area (Å²) in [5.41, 5.74) is 1.05. The molecule has 0 bridgehead atoms. The monoisotopic (exact) mass is 313 g/mol. The number of aliphatic hydroxyl groups excluding tert-OH is 1. The lowest BCUT2D eigenvalue weighted by atomic mass is 10.1. The number of ether oxygens (including phenoxy) is 1. The molecule has 0 saturated carbocycles. The topological polar surface area (TPSA) is 75.6 Å². The quantitative estimate of drug-likeness (QED) is 0.856. The predicted molar refractivity (Wildman–Crippen MR) is 78.9 cm³/mol. The lowest BCUT2D eigenvalue weighted by molar-refractivity contribution is 0.298. The second-order valence-electron chi connectivity index (χ2n) is 4.06. The van der Waals surface area contributed by atoms with Gasteiger partial charge in [-0.3, -0.25) is 4.72 Å². The highest BCUT2D eigenvalue weighted by molar-refractivity contribution is 7.92. The van der Waals surface area contributed by atoms with Crippen LogP contribution in [-0.4, -0.2) is 27.2 Å². The highest BCUT2D eigenvalue weighted by Crippen LogP contribution is 2.25. The van der Waals surface area contributed by atoms with Gasteiger partial charge in [0, 0.05) is 12.0 Å². The smallest absolute Gasteiger partial charge is 0.262 e. The third-order valence-corrected chi connectivity index (χ3v) is 4.88. The molecule has 0 amide bonds. The van der Waals surface area contributed by atoms with E-state index in [1.54, 1.807) is 29.0 Å². The molecular formula is C13H15NO4S2. The number of benzene rings is 1. The summed E-state index contributed by atoms with van der Waals surface area (Å²) in [6, 6.07) is 6.39. The van der Waals surface area contributed by atoms with Crippen LogP contribution in [0.2, 0.25) is 0 Å². The lowest BCUT2D eigenvalue weighted by Gasteiger charge is -2.12. The first kappa shape index (κ1) is 14.8. The van der Waals surface area contributed by atoms with Crippen LogP contribution in [0.5, 0.6) is 5.75 Å². The number of nitrogens with one attached hydrogen (secondary N) is 1. The SMILES string of the molecule is COc1ccc(S(=O)(=O)Nc2ccsc2)c(CCO)c1. The molecule has 0 spiro atoms. The summed E-state index contributed by atoms with van der Waals surface area (Å²) >= 11 is 1.41. The molecule has 0 aliphatic rings. The van der Waals surface area contributed by atoms with E-state index >= 15 is 0 Å². The average Bonchev–Trinajstić information content (AvgIpc) is 2.91. The second kappa shape index (κ2) is 6.25. The number of thiophene rings is 1. The average molecular weight is 313 g/mol. The summed E-state index contributed by atoms with van der Waals surface area (Å²) in [6.07, 6.45) is 0.247. The Hall–Kier alpha value is -1.57. The highest BCUT2D eigenvalue weighted by atomic mass is 32.2. The second-order valence-corrected chi connectivity index (χ2v) is 6.50. The zero-order valence-electron chi connectivity index (χ0n) is 10.9.